The molecule has 2 aromatic rings. The van der Waals surface area contributed by atoms with E-state index in [-0.39, 0.29) is 17.5 Å². The van der Waals surface area contributed by atoms with Crippen LogP contribution in [-0.4, -0.2) is 8.42 Å². The summed E-state index contributed by atoms with van der Waals surface area (Å²) in [5.74, 6) is 0.812. The van der Waals surface area contributed by atoms with E-state index >= 15 is 0 Å². The van der Waals surface area contributed by atoms with Crippen LogP contribution in [0.3, 0.4) is 0 Å². The molecule has 0 aliphatic heterocycles. The van der Waals surface area contributed by atoms with Crippen LogP contribution < -0.4 is 10.5 Å². The van der Waals surface area contributed by atoms with Crippen molar-refractivity contribution in [1.29, 1.82) is 0 Å². The highest BCUT2D eigenvalue weighted by Crippen LogP contribution is 2.24. The molecule has 3 N–H and O–H groups in total. The lowest BCUT2D eigenvalue weighted by Gasteiger charge is -2.17. The molecule has 1 aromatic carbocycles. The first-order chi connectivity index (χ1) is 9.97. The molecule has 21 heavy (non-hydrogen) atoms. The summed E-state index contributed by atoms with van der Waals surface area (Å²) >= 11 is 0. The van der Waals surface area contributed by atoms with Crippen LogP contribution in [0.1, 0.15) is 36.5 Å². The Labute approximate surface area is 125 Å². The van der Waals surface area contributed by atoms with Crippen molar-refractivity contribution in [2.75, 3.05) is 0 Å². The zero-order chi connectivity index (χ0) is 15.5. The maximum atomic E-state index is 12.5. The quantitative estimate of drug-likeness (QED) is 0.858. The number of hydrogen-bond acceptors (Lipinski definition) is 4. The van der Waals surface area contributed by atoms with Crippen molar-refractivity contribution in [2.24, 2.45) is 5.73 Å². The summed E-state index contributed by atoms with van der Waals surface area (Å²) in [6.07, 6.45) is 0.657. The first-order valence-electron chi connectivity index (χ1n) is 6.84. The maximum Gasteiger partial charge on any atom is 0.244 e. The van der Waals surface area contributed by atoms with Gasteiger partial charge in [0, 0.05) is 12.1 Å². The minimum absolute atomic E-state index is 0.150. The highest BCUT2D eigenvalue weighted by molar-refractivity contribution is 7.89. The standard InChI is InChI=1S/C15H20N2O3S/c1-3-14(12-7-5-4-6-8-12)17-21(18,19)15-9-13(10-16)20-11(15)2/h4-9,14,17H,3,10,16H2,1-2H3. The first kappa shape index (κ1) is 15.8. The van der Waals surface area contributed by atoms with Crippen LogP contribution >= 0.6 is 0 Å². The van der Waals surface area contributed by atoms with E-state index in [1.807, 2.05) is 37.3 Å². The summed E-state index contributed by atoms with van der Waals surface area (Å²) in [6.45, 7) is 3.73. The molecule has 6 heteroatoms. The molecule has 0 aliphatic carbocycles. The molecule has 114 valence electrons. The van der Waals surface area contributed by atoms with Gasteiger partial charge in [0.2, 0.25) is 10.0 Å². The Morgan fingerprint density at radius 3 is 2.48 bits per heavy atom. The highest BCUT2D eigenvalue weighted by atomic mass is 32.2. The molecule has 0 aliphatic rings. The minimum atomic E-state index is -3.64. The lowest BCUT2D eigenvalue weighted by atomic mass is 10.1. The molecule has 1 aromatic heterocycles. The zero-order valence-electron chi connectivity index (χ0n) is 12.2. The van der Waals surface area contributed by atoms with E-state index in [9.17, 15) is 8.42 Å². The SMILES string of the molecule is CCC(NS(=O)(=O)c1cc(CN)oc1C)c1ccccc1. The Balaban J connectivity index is 2.29. The van der Waals surface area contributed by atoms with Crippen molar-refractivity contribution in [3.05, 3.63) is 53.5 Å². The number of hydrogen-bond donors (Lipinski definition) is 2. The molecule has 1 atom stereocenters. The molecule has 5 nitrogen and oxygen atoms in total. The third kappa shape index (κ3) is 3.53. The van der Waals surface area contributed by atoms with Crippen LogP contribution in [0.2, 0.25) is 0 Å². The van der Waals surface area contributed by atoms with Crippen LogP contribution in [0.15, 0.2) is 45.7 Å². The van der Waals surface area contributed by atoms with Gasteiger partial charge in [0.1, 0.15) is 16.4 Å². The average Bonchev–Trinajstić information content (AvgIpc) is 2.88. The molecule has 0 amide bonds. The van der Waals surface area contributed by atoms with Gasteiger partial charge in [-0.25, -0.2) is 13.1 Å². The van der Waals surface area contributed by atoms with E-state index in [1.165, 1.54) is 6.07 Å². The fourth-order valence-corrected chi connectivity index (χ4v) is 3.73. The van der Waals surface area contributed by atoms with Gasteiger partial charge in [-0.15, -0.1) is 0 Å². The summed E-state index contributed by atoms with van der Waals surface area (Å²) < 4.78 is 33.1. The average molecular weight is 308 g/mol. The Hall–Kier alpha value is -1.63. The monoisotopic (exact) mass is 308 g/mol. The van der Waals surface area contributed by atoms with Crippen molar-refractivity contribution in [2.45, 2.75) is 37.8 Å². The number of benzene rings is 1. The molecule has 0 radical (unpaired) electrons. The van der Waals surface area contributed by atoms with Gasteiger partial charge >= 0.3 is 0 Å². The van der Waals surface area contributed by atoms with E-state index in [1.54, 1.807) is 6.92 Å². The highest BCUT2D eigenvalue weighted by Gasteiger charge is 2.24. The summed E-state index contributed by atoms with van der Waals surface area (Å²) in [5.41, 5.74) is 6.42. The molecule has 0 saturated heterocycles. The van der Waals surface area contributed by atoms with E-state index in [4.69, 9.17) is 10.2 Å². The summed E-state index contributed by atoms with van der Waals surface area (Å²) in [4.78, 5) is 0.150. The van der Waals surface area contributed by atoms with Crippen LogP contribution in [-0.2, 0) is 16.6 Å². The summed E-state index contributed by atoms with van der Waals surface area (Å²) in [5, 5.41) is 0. The normalized spacial score (nSPS) is 13.3. The van der Waals surface area contributed by atoms with Crippen molar-refractivity contribution in [3.63, 3.8) is 0 Å². The van der Waals surface area contributed by atoms with Crippen molar-refractivity contribution >= 4 is 10.0 Å². The predicted octanol–water partition coefficient (Wildman–Crippen LogP) is 2.48. The molecular formula is C15H20N2O3S. The molecule has 1 heterocycles. The van der Waals surface area contributed by atoms with Gasteiger partial charge in [-0.05, 0) is 18.9 Å². The largest absolute Gasteiger partial charge is 0.464 e. The van der Waals surface area contributed by atoms with Crippen LogP contribution in [0, 0.1) is 6.92 Å². The Morgan fingerprint density at radius 1 is 1.29 bits per heavy atom. The fraction of sp³-hybridized carbons (Fsp3) is 0.333. The van der Waals surface area contributed by atoms with Crippen molar-refractivity contribution < 1.29 is 12.8 Å². The molecule has 1 unspecified atom stereocenters. The fourth-order valence-electron chi connectivity index (χ4n) is 2.21. The van der Waals surface area contributed by atoms with Crippen LogP contribution in [0.25, 0.3) is 0 Å². The smallest absolute Gasteiger partial charge is 0.244 e. The number of aryl methyl sites for hydroxylation is 1. The van der Waals surface area contributed by atoms with E-state index < -0.39 is 10.0 Å². The predicted molar refractivity (Wildman–Crippen MR) is 81.1 cm³/mol. The molecular weight excluding hydrogens is 288 g/mol. The molecule has 0 saturated carbocycles. The van der Waals surface area contributed by atoms with E-state index in [0.717, 1.165) is 5.56 Å². The molecule has 0 bridgehead atoms. The second kappa shape index (κ2) is 6.43. The number of nitrogens with two attached hydrogens (primary N) is 1. The lowest BCUT2D eigenvalue weighted by Crippen LogP contribution is -2.28. The third-order valence-corrected chi connectivity index (χ3v) is 4.90. The molecule has 0 fully saturated rings. The summed E-state index contributed by atoms with van der Waals surface area (Å²) in [6, 6.07) is 10.7. The number of furan rings is 1. The maximum absolute atomic E-state index is 12.5. The zero-order valence-corrected chi connectivity index (χ0v) is 13.0. The first-order valence-corrected chi connectivity index (χ1v) is 8.33. The van der Waals surface area contributed by atoms with Gasteiger partial charge in [0.15, 0.2) is 0 Å². The van der Waals surface area contributed by atoms with E-state index in [2.05, 4.69) is 4.72 Å². The number of sulfonamides is 1. The van der Waals surface area contributed by atoms with Gasteiger partial charge in [-0.2, -0.15) is 0 Å². The van der Waals surface area contributed by atoms with Gasteiger partial charge in [0.25, 0.3) is 0 Å². The summed E-state index contributed by atoms with van der Waals surface area (Å²) in [7, 11) is -3.64. The van der Waals surface area contributed by atoms with Crippen molar-refractivity contribution in [3.8, 4) is 0 Å². The van der Waals surface area contributed by atoms with Gasteiger partial charge in [0.05, 0.1) is 6.54 Å². The Bertz CT molecular complexity index is 693. The second-order valence-electron chi connectivity index (χ2n) is 4.83. The lowest BCUT2D eigenvalue weighted by molar-refractivity contribution is 0.477. The van der Waals surface area contributed by atoms with Crippen molar-refractivity contribution in [1.82, 2.24) is 4.72 Å². The third-order valence-electron chi connectivity index (χ3n) is 3.32. The van der Waals surface area contributed by atoms with Gasteiger partial charge < -0.3 is 10.2 Å². The van der Waals surface area contributed by atoms with Crippen LogP contribution in [0.4, 0.5) is 0 Å². The van der Waals surface area contributed by atoms with Gasteiger partial charge in [-0.3, -0.25) is 0 Å². The molecule has 0 spiro atoms. The number of nitrogens with one attached hydrogen (secondary N) is 1. The number of rotatable bonds is 6. The van der Waals surface area contributed by atoms with E-state index in [0.29, 0.717) is 17.9 Å². The second-order valence-corrected chi connectivity index (χ2v) is 6.51. The van der Waals surface area contributed by atoms with Gasteiger partial charge in [-0.1, -0.05) is 37.3 Å². The Kier molecular flexibility index (Phi) is 4.82. The molecule has 2 rings (SSSR count). The minimum Gasteiger partial charge on any atom is -0.464 e. The van der Waals surface area contributed by atoms with Crippen LogP contribution in [0.5, 0.6) is 0 Å². The topological polar surface area (TPSA) is 85.3 Å². The Morgan fingerprint density at radius 2 is 1.95 bits per heavy atom.